The predicted molar refractivity (Wildman–Crippen MR) is 70.1 cm³/mol. The fourth-order valence-corrected chi connectivity index (χ4v) is 1.60. The molecule has 0 saturated carbocycles. The summed E-state index contributed by atoms with van der Waals surface area (Å²) >= 11 is 0. The summed E-state index contributed by atoms with van der Waals surface area (Å²) in [5, 5.41) is 0. The van der Waals surface area contributed by atoms with E-state index in [1.54, 1.807) is 37.3 Å². The molecule has 0 fully saturated rings. The lowest BCUT2D eigenvalue weighted by molar-refractivity contribution is 0.0525. The van der Waals surface area contributed by atoms with Crippen LogP contribution in [0.5, 0.6) is 0 Å². The molecule has 1 aromatic heterocycles. The first-order valence-corrected chi connectivity index (χ1v) is 5.95. The highest BCUT2D eigenvalue weighted by Gasteiger charge is 2.12. The number of ketones is 1. The second-order valence-electron chi connectivity index (χ2n) is 3.85. The zero-order valence-electron chi connectivity index (χ0n) is 10.5. The van der Waals surface area contributed by atoms with Crippen molar-refractivity contribution in [2.75, 3.05) is 6.61 Å². The van der Waals surface area contributed by atoms with E-state index in [-0.39, 0.29) is 5.78 Å². The largest absolute Gasteiger partial charge is 0.462 e. The van der Waals surface area contributed by atoms with Gasteiger partial charge in [-0.15, -0.1) is 0 Å². The minimum Gasteiger partial charge on any atom is -0.462 e. The van der Waals surface area contributed by atoms with Crippen LogP contribution in [0, 0.1) is 0 Å². The van der Waals surface area contributed by atoms with Crippen LogP contribution < -0.4 is 0 Å². The van der Waals surface area contributed by atoms with Crippen LogP contribution in [-0.2, 0) is 4.74 Å². The number of ether oxygens (including phenoxy) is 1. The van der Waals surface area contributed by atoms with Crippen LogP contribution >= 0.6 is 0 Å². The van der Waals surface area contributed by atoms with Crippen LogP contribution in [0.3, 0.4) is 0 Å². The smallest absolute Gasteiger partial charge is 0.339 e. The van der Waals surface area contributed by atoms with E-state index in [0.717, 1.165) is 0 Å². The van der Waals surface area contributed by atoms with Crippen LogP contribution in [0.15, 0.2) is 48.7 Å². The maximum Gasteiger partial charge on any atom is 0.339 e. The lowest BCUT2D eigenvalue weighted by Gasteiger charge is -2.03. The van der Waals surface area contributed by atoms with Crippen molar-refractivity contribution in [3.05, 3.63) is 65.5 Å². The van der Waals surface area contributed by atoms with Gasteiger partial charge < -0.3 is 4.74 Å². The molecule has 0 unspecified atom stereocenters. The summed E-state index contributed by atoms with van der Waals surface area (Å²) < 4.78 is 4.85. The highest BCUT2D eigenvalue weighted by atomic mass is 16.5. The topological polar surface area (TPSA) is 56.3 Å². The lowest BCUT2D eigenvalue weighted by Crippen LogP contribution is -2.08. The molecule has 0 aliphatic heterocycles. The molecule has 2 rings (SSSR count). The van der Waals surface area contributed by atoms with E-state index in [1.165, 1.54) is 12.3 Å². The van der Waals surface area contributed by atoms with Crippen molar-refractivity contribution >= 4 is 11.8 Å². The van der Waals surface area contributed by atoms with Gasteiger partial charge in [0.15, 0.2) is 0 Å². The maximum absolute atomic E-state index is 12.1. The Morgan fingerprint density at radius 2 is 1.79 bits per heavy atom. The first-order valence-electron chi connectivity index (χ1n) is 5.95. The Morgan fingerprint density at radius 3 is 2.37 bits per heavy atom. The fourth-order valence-electron chi connectivity index (χ4n) is 1.60. The molecule has 2 aromatic rings. The molecule has 0 spiro atoms. The minimum absolute atomic E-state index is 0.170. The number of carbonyl (C=O) groups is 2. The van der Waals surface area contributed by atoms with Gasteiger partial charge in [-0.2, -0.15) is 0 Å². The summed E-state index contributed by atoms with van der Waals surface area (Å²) in [4.78, 5) is 27.5. The monoisotopic (exact) mass is 255 g/mol. The van der Waals surface area contributed by atoms with Crippen molar-refractivity contribution in [1.82, 2.24) is 4.98 Å². The van der Waals surface area contributed by atoms with Gasteiger partial charge in [-0.3, -0.25) is 9.78 Å². The zero-order chi connectivity index (χ0) is 13.7. The summed E-state index contributed by atoms with van der Waals surface area (Å²) in [6.45, 7) is 2.04. The van der Waals surface area contributed by atoms with Gasteiger partial charge in [0.1, 0.15) is 5.69 Å². The maximum atomic E-state index is 12.1. The van der Waals surface area contributed by atoms with Crippen molar-refractivity contribution < 1.29 is 14.3 Å². The third-order valence-corrected chi connectivity index (χ3v) is 2.54. The Hall–Kier alpha value is -2.49. The van der Waals surface area contributed by atoms with Gasteiger partial charge >= 0.3 is 5.97 Å². The number of esters is 1. The summed E-state index contributed by atoms with van der Waals surface area (Å²) in [6.07, 6.45) is 1.36. The molecule has 0 aliphatic rings. The van der Waals surface area contributed by atoms with Gasteiger partial charge in [-0.25, -0.2) is 4.79 Å². The Labute approximate surface area is 111 Å². The molecule has 0 radical (unpaired) electrons. The second-order valence-corrected chi connectivity index (χ2v) is 3.85. The molecule has 4 heteroatoms. The van der Waals surface area contributed by atoms with E-state index in [2.05, 4.69) is 4.98 Å². The summed E-state index contributed by atoms with van der Waals surface area (Å²) in [6, 6.07) is 11.9. The Morgan fingerprint density at radius 1 is 1.05 bits per heavy atom. The molecular weight excluding hydrogens is 242 g/mol. The number of hydrogen-bond donors (Lipinski definition) is 0. The van der Waals surface area contributed by atoms with Crippen molar-refractivity contribution in [3.63, 3.8) is 0 Å². The van der Waals surface area contributed by atoms with Crippen molar-refractivity contribution in [2.24, 2.45) is 0 Å². The van der Waals surface area contributed by atoms with Gasteiger partial charge in [-0.05, 0) is 19.1 Å². The van der Waals surface area contributed by atoms with Crippen LogP contribution in [0.25, 0.3) is 0 Å². The first kappa shape index (κ1) is 13.0. The molecule has 1 heterocycles. The molecule has 0 atom stereocenters. The molecule has 1 aromatic carbocycles. The molecule has 0 saturated heterocycles. The number of nitrogens with zero attached hydrogens (tertiary/aromatic N) is 1. The van der Waals surface area contributed by atoms with E-state index in [1.807, 2.05) is 6.07 Å². The van der Waals surface area contributed by atoms with Gasteiger partial charge in [0, 0.05) is 11.8 Å². The van der Waals surface area contributed by atoms with Gasteiger partial charge in [0.25, 0.3) is 0 Å². The van der Waals surface area contributed by atoms with Gasteiger partial charge in [0.05, 0.1) is 12.2 Å². The van der Waals surface area contributed by atoms with E-state index in [4.69, 9.17) is 4.74 Å². The zero-order valence-corrected chi connectivity index (χ0v) is 10.5. The van der Waals surface area contributed by atoms with Gasteiger partial charge in [0.2, 0.25) is 5.78 Å². The van der Waals surface area contributed by atoms with Crippen LogP contribution in [0.4, 0.5) is 0 Å². The standard InChI is InChI=1S/C15H13NO3/c1-2-19-15(18)12-8-9-13(16-10-12)14(17)11-6-4-3-5-7-11/h3-10H,2H2,1H3. The normalized spacial score (nSPS) is 9.95. The first-order chi connectivity index (χ1) is 9.22. The Bertz CT molecular complexity index is 576. The minimum atomic E-state index is -0.436. The van der Waals surface area contributed by atoms with Crippen LogP contribution in [-0.4, -0.2) is 23.3 Å². The van der Waals surface area contributed by atoms with Crippen LogP contribution in [0.1, 0.15) is 33.3 Å². The molecule has 4 nitrogen and oxygen atoms in total. The third kappa shape index (κ3) is 3.04. The summed E-state index contributed by atoms with van der Waals surface area (Å²) in [7, 11) is 0. The third-order valence-electron chi connectivity index (χ3n) is 2.54. The summed E-state index contributed by atoms with van der Waals surface area (Å²) in [5.74, 6) is -0.607. The molecule has 19 heavy (non-hydrogen) atoms. The van der Waals surface area contributed by atoms with Gasteiger partial charge in [-0.1, -0.05) is 30.3 Å². The number of hydrogen-bond acceptors (Lipinski definition) is 4. The van der Waals surface area contributed by atoms with E-state index >= 15 is 0 Å². The Balaban J connectivity index is 2.19. The average Bonchev–Trinajstić information content (AvgIpc) is 2.48. The lowest BCUT2D eigenvalue weighted by atomic mass is 10.1. The number of pyridine rings is 1. The average molecular weight is 255 g/mol. The van der Waals surface area contributed by atoms with Crippen molar-refractivity contribution in [2.45, 2.75) is 6.92 Å². The van der Waals surface area contributed by atoms with Crippen molar-refractivity contribution in [3.8, 4) is 0 Å². The SMILES string of the molecule is CCOC(=O)c1ccc(C(=O)c2ccccc2)nc1. The van der Waals surface area contributed by atoms with E-state index < -0.39 is 5.97 Å². The highest BCUT2D eigenvalue weighted by molar-refractivity contribution is 6.07. The second kappa shape index (κ2) is 5.91. The molecule has 0 aliphatic carbocycles. The fraction of sp³-hybridized carbons (Fsp3) is 0.133. The number of carbonyl (C=O) groups excluding carboxylic acids is 2. The quantitative estimate of drug-likeness (QED) is 0.622. The van der Waals surface area contributed by atoms with Crippen molar-refractivity contribution in [1.29, 1.82) is 0 Å². The Kier molecular flexibility index (Phi) is 4.03. The summed E-state index contributed by atoms with van der Waals surface area (Å²) in [5.41, 5.74) is 1.21. The highest BCUT2D eigenvalue weighted by Crippen LogP contribution is 2.09. The number of rotatable bonds is 4. The van der Waals surface area contributed by atoms with Crippen LogP contribution in [0.2, 0.25) is 0 Å². The molecule has 0 bridgehead atoms. The molecule has 0 N–H and O–H groups in total. The molecule has 96 valence electrons. The van der Waals surface area contributed by atoms with E-state index in [0.29, 0.717) is 23.4 Å². The van der Waals surface area contributed by atoms with E-state index in [9.17, 15) is 9.59 Å². The number of aromatic nitrogens is 1. The molecular formula is C15H13NO3. The predicted octanol–water partition coefficient (Wildman–Crippen LogP) is 2.49. The number of benzene rings is 1. The molecule has 0 amide bonds.